The lowest BCUT2D eigenvalue weighted by atomic mass is 10.1. The molecule has 412 valence electrons. The number of benzene rings is 6. The summed E-state index contributed by atoms with van der Waals surface area (Å²) in [6.07, 6.45) is 13.0. The predicted octanol–water partition coefficient (Wildman–Crippen LogP) is 16.2. The Morgan fingerprint density at radius 2 is 0.506 bits per heavy atom. The van der Waals surface area contributed by atoms with Crippen LogP contribution in [-0.4, -0.2) is 50.3 Å². The average molecular weight is 1070 g/mol. The maximum atomic E-state index is 12.1. The van der Waals surface area contributed by atoms with Gasteiger partial charge in [-0.25, -0.2) is 19.2 Å². The zero-order chi connectivity index (χ0) is 56.5. The minimum absolute atomic E-state index is 0.284. The Bertz CT molecular complexity index is 2670. The first kappa shape index (κ1) is 59.8. The van der Waals surface area contributed by atoms with E-state index in [1.165, 1.54) is 0 Å². The molecule has 0 aromatic heterocycles. The second-order valence-corrected chi connectivity index (χ2v) is 19.3. The lowest BCUT2D eigenvalue weighted by Gasteiger charge is -2.26. The highest BCUT2D eigenvalue weighted by molar-refractivity contribution is 5.89. The van der Waals surface area contributed by atoms with Gasteiger partial charge in [-0.15, -0.1) is 0 Å². The van der Waals surface area contributed by atoms with Crippen LogP contribution in [0.3, 0.4) is 0 Å². The minimum atomic E-state index is -0.284. The van der Waals surface area contributed by atoms with Crippen molar-refractivity contribution >= 4 is 58.0 Å². The van der Waals surface area contributed by atoms with Crippen molar-refractivity contribution in [3.63, 3.8) is 0 Å². The molecule has 6 aromatic carbocycles. The van der Waals surface area contributed by atoms with E-state index < -0.39 is 0 Å². The number of rotatable bonds is 28. The normalized spacial score (nSPS) is 11.9. The van der Waals surface area contributed by atoms with Gasteiger partial charge in [0.1, 0.15) is 11.5 Å². The molecule has 0 saturated heterocycles. The summed E-state index contributed by atoms with van der Waals surface area (Å²) in [7, 11) is 0. The third-order valence-corrected chi connectivity index (χ3v) is 13.6. The maximum Gasteiger partial charge on any atom is 0.333 e. The molecule has 0 bridgehead atoms. The highest BCUT2D eigenvalue weighted by atomic mass is 16.5. The molecular formula is C68H76N2O9. The molecule has 11 nitrogen and oxygen atoms in total. The minimum Gasteiger partial charge on any atom is -0.462 e. The van der Waals surface area contributed by atoms with Crippen molar-refractivity contribution in [2.24, 2.45) is 0 Å². The largest absolute Gasteiger partial charge is 0.462 e. The topological polar surface area (TPSA) is 121 Å². The SMILES string of the molecule is CC=C(C)C(=O)OCCCc1ccc(N(c2ccc(CCCOC(=O)C(C)=CC)cc2)c2ccc(Oc3ccc(N(c4ccc(CCCOC(=O)C(C)=CC)cc4)c4ccc(CCCOC(=O)C(C)=CC)cc4)cc3)cc2)cc1. The Morgan fingerprint density at radius 3 is 0.696 bits per heavy atom. The van der Waals surface area contributed by atoms with Gasteiger partial charge in [-0.1, -0.05) is 72.8 Å². The molecule has 0 atom stereocenters. The molecular weight excluding hydrogens is 989 g/mol. The van der Waals surface area contributed by atoms with Gasteiger partial charge in [0.25, 0.3) is 0 Å². The molecule has 6 rings (SSSR count). The number of hydrogen-bond donors (Lipinski definition) is 0. The van der Waals surface area contributed by atoms with E-state index in [4.69, 9.17) is 23.7 Å². The fourth-order valence-electron chi connectivity index (χ4n) is 8.30. The Hall–Kier alpha value is -8.44. The highest BCUT2D eigenvalue weighted by Gasteiger charge is 2.17. The molecule has 0 N–H and O–H groups in total. The smallest absolute Gasteiger partial charge is 0.333 e. The lowest BCUT2D eigenvalue weighted by Crippen LogP contribution is -2.10. The number of nitrogens with zero attached hydrogens (tertiary/aromatic N) is 2. The van der Waals surface area contributed by atoms with Crippen LogP contribution in [0.5, 0.6) is 11.5 Å². The van der Waals surface area contributed by atoms with E-state index >= 15 is 0 Å². The van der Waals surface area contributed by atoms with Crippen LogP contribution in [0.4, 0.5) is 34.1 Å². The summed E-state index contributed by atoms with van der Waals surface area (Å²) in [6, 6.07) is 50.0. The third-order valence-electron chi connectivity index (χ3n) is 13.6. The number of carbonyl (C=O) groups is 4. The molecule has 0 aliphatic carbocycles. The summed E-state index contributed by atoms with van der Waals surface area (Å²) in [5.41, 5.74) is 12.8. The molecule has 0 aliphatic heterocycles. The Kier molecular flexibility index (Phi) is 23.5. The van der Waals surface area contributed by atoms with E-state index in [0.29, 0.717) is 85.9 Å². The van der Waals surface area contributed by atoms with Crippen LogP contribution in [0, 0.1) is 0 Å². The van der Waals surface area contributed by atoms with Crippen LogP contribution in [0.1, 0.15) is 103 Å². The highest BCUT2D eigenvalue weighted by Crippen LogP contribution is 2.39. The summed E-state index contributed by atoms with van der Waals surface area (Å²) in [5, 5.41) is 0. The number of esters is 4. The van der Waals surface area contributed by atoms with Gasteiger partial charge in [0.05, 0.1) is 26.4 Å². The lowest BCUT2D eigenvalue weighted by molar-refractivity contribution is -0.139. The number of allylic oxidation sites excluding steroid dienone is 4. The van der Waals surface area contributed by atoms with Crippen LogP contribution >= 0.6 is 0 Å². The van der Waals surface area contributed by atoms with Crippen LogP contribution < -0.4 is 14.5 Å². The Morgan fingerprint density at radius 1 is 0.316 bits per heavy atom. The second kappa shape index (κ2) is 31.1. The van der Waals surface area contributed by atoms with E-state index in [2.05, 4.69) is 131 Å². The standard InChI is InChI=1S/C68H76N2O9/c1-9-49(5)65(71)75-45-13-17-53-21-29-57(30-22-53)69(58-31-23-54(24-32-58)18-14-46-76-66(72)50(6)10-2)61-37-41-63(42-38-61)79-64-43-39-62(40-44-64)70(59-33-25-55(26-34-59)19-15-47-77-67(73)51(7)11-3)60-35-27-56(28-36-60)20-16-48-78-68(74)52(8)12-4/h9-12,21-44H,13-20,45-48H2,1-8H3. The van der Waals surface area contributed by atoms with Crippen molar-refractivity contribution in [2.75, 3.05) is 36.2 Å². The molecule has 0 radical (unpaired) electrons. The summed E-state index contributed by atoms with van der Waals surface area (Å²) in [4.78, 5) is 53.0. The monoisotopic (exact) mass is 1060 g/mol. The van der Waals surface area contributed by atoms with Crippen LogP contribution in [-0.2, 0) is 63.8 Å². The zero-order valence-electron chi connectivity index (χ0n) is 47.2. The fourth-order valence-corrected chi connectivity index (χ4v) is 8.30. The molecule has 79 heavy (non-hydrogen) atoms. The van der Waals surface area contributed by atoms with Gasteiger partial charge in [-0.05, 0) is 226 Å². The summed E-state index contributed by atoms with van der Waals surface area (Å²) in [5.74, 6) is 0.225. The summed E-state index contributed by atoms with van der Waals surface area (Å²) in [6.45, 7) is 15.7. The molecule has 0 amide bonds. The summed E-state index contributed by atoms with van der Waals surface area (Å²) < 4.78 is 28.2. The van der Waals surface area contributed by atoms with Crippen molar-refractivity contribution in [2.45, 2.75) is 107 Å². The van der Waals surface area contributed by atoms with Gasteiger partial charge >= 0.3 is 23.9 Å². The van der Waals surface area contributed by atoms with Crippen molar-refractivity contribution < 1.29 is 42.9 Å². The van der Waals surface area contributed by atoms with Crippen molar-refractivity contribution in [3.05, 3.63) is 214 Å². The second-order valence-electron chi connectivity index (χ2n) is 19.3. The van der Waals surface area contributed by atoms with Gasteiger partial charge in [-0.2, -0.15) is 0 Å². The molecule has 11 heteroatoms. The first-order valence-electron chi connectivity index (χ1n) is 27.3. The first-order chi connectivity index (χ1) is 38.3. The fraction of sp³-hybridized carbons (Fsp3) is 0.294. The van der Waals surface area contributed by atoms with Gasteiger partial charge in [0.2, 0.25) is 0 Å². The quantitative estimate of drug-likeness (QED) is 0.0202. The van der Waals surface area contributed by atoms with Gasteiger partial charge in [0.15, 0.2) is 0 Å². The summed E-state index contributed by atoms with van der Waals surface area (Å²) >= 11 is 0. The van der Waals surface area contributed by atoms with E-state index in [1.807, 2.05) is 52.0 Å². The maximum absolute atomic E-state index is 12.1. The average Bonchev–Trinajstić information content (AvgIpc) is 3.53. The number of ether oxygens (including phenoxy) is 5. The first-order valence-corrected chi connectivity index (χ1v) is 27.3. The van der Waals surface area contributed by atoms with Crippen molar-refractivity contribution in [1.29, 1.82) is 0 Å². The van der Waals surface area contributed by atoms with Crippen LogP contribution in [0.2, 0.25) is 0 Å². The van der Waals surface area contributed by atoms with Crippen LogP contribution in [0.25, 0.3) is 0 Å². The van der Waals surface area contributed by atoms with E-state index in [9.17, 15) is 19.2 Å². The van der Waals surface area contributed by atoms with Gasteiger partial charge in [-0.3, -0.25) is 0 Å². The molecule has 0 heterocycles. The zero-order valence-corrected chi connectivity index (χ0v) is 47.2. The number of carbonyl (C=O) groups excluding carboxylic acids is 4. The predicted molar refractivity (Wildman–Crippen MR) is 317 cm³/mol. The van der Waals surface area contributed by atoms with Gasteiger partial charge in [0, 0.05) is 56.4 Å². The van der Waals surface area contributed by atoms with Gasteiger partial charge < -0.3 is 33.5 Å². The van der Waals surface area contributed by atoms with Crippen molar-refractivity contribution in [1.82, 2.24) is 0 Å². The van der Waals surface area contributed by atoms with E-state index in [1.54, 1.807) is 52.0 Å². The Balaban J connectivity index is 1.18. The number of anilines is 6. The Labute approximate surface area is 467 Å². The molecule has 0 spiro atoms. The van der Waals surface area contributed by atoms with Crippen molar-refractivity contribution in [3.8, 4) is 11.5 Å². The molecule has 0 fully saturated rings. The third kappa shape index (κ3) is 18.3. The van der Waals surface area contributed by atoms with E-state index in [-0.39, 0.29) is 23.9 Å². The molecule has 6 aromatic rings. The molecule has 0 saturated carbocycles. The number of hydrogen-bond acceptors (Lipinski definition) is 11. The van der Waals surface area contributed by atoms with Crippen LogP contribution in [0.15, 0.2) is 192 Å². The molecule has 0 unspecified atom stereocenters. The molecule has 0 aliphatic rings. The number of aryl methyl sites for hydroxylation is 4. The van der Waals surface area contributed by atoms with E-state index in [0.717, 1.165) is 82.1 Å².